The second kappa shape index (κ2) is 6.38. The van der Waals surface area contributed by atoms with Gasteiger partial charge in [0.05, 0.1) is 11.1 Å². The molecule has 0 unspecified atom stereocenters. The molecule has 0 saturated heterocycles. The summed E-state index contributed by atoms with van der Waals surface area (Å²) in [5.74, 6) is 0.609. The number of halogens is 1. The summed E-state index contributed by atoms with van der Waals surface area (Å²) in [6.45, 7) is 8.34. The van der Waals surface area contributed by atoms with E-state index in [1.54, 1.807) is 18.2 Å². The summed E-state index contributed by atoms with van der Waals surface area (Å²) in [7, 11) is -3.65. The molecule has 1 aliphatic rings. The first-order chi connectivity index (χ1) is 9.87. The molecule has 6 heteroatoms. The second-order valence-corrected chi connectivity index (χ2v) is 7.79. The summed E-state index contributed by atoms with van der Waals surface area (Å²) >= 11 is 6.09. The monoisotopic (exact) mass is 329 g/mol. The van der Waals surface area contributed by atoms with E-state index < -0.39 is 10.0 Å². The van der Waals surface area contributed by atoms with Gasteiger partial charge in [0.2, 0.25) is 10.0 Å². The molecule has 1 aliphatic heterocycles. The van der Waals surface area contributed by atoms with Crippen LogP contribution in [0, 0.1) is 5.92 Å². The number of nitrogens with zero attached hydrogens (tertiary/aromatic N) is 1. The molecule has 0 bridgehead atoms. The third-order valence-corrected chi connectivity index (χ3v) is 5.64. The van der Waals surface area contributed by atoms with Crippen molar-refractivity contribution in [1.82, 2.24) is 4.31 Å². The molecule has 0 radical (unpaired) electrons. The number of para-hydroxylation sites is 1. The Bertz CT molecular complexity index is 628. The van der Waals surface area contributed by atoms with E-state index in [-0.39, 0.29) is 23.2 Å². The Hall–Kier alpha value is -1.04. The molecule has 0 aliphatic carbocycles. The molecule has 0 spiro atoms. The van der Waals surface area contributed by atoms with Crippen LogP contribution in [0.3, 0.4) is 0 Å². The standard InChI is InChI=1S/C15H20ClNO3S/c1-4-8-17-12(9-11(2)3)10-20-15-13(16)6-5-7-14(15)21(17,18)19/h4-7,11-12H,1,8-10H2,2-3H3/t12-/m0/s1. The lowest BCUT2D eigenvalue weighted by molar-refractivity contribution is 0.199. The Balaban J connectivity index is 2.53. The number of fused-ring (bicyclic) bond motifs is 1. The van der Waals surface area contributed by atoms with Gasteiger partial charge in [0.1, 0.15) is 11.5 Å². The number of benzene rings is 1. The van der Waals surface area contributed by atoms with Crippen molar-refractivity contribution < 1.29 is 13.2 Å². The third kappa shape index (κ3) is 3.25. The highest BCUT2D eigenvalue weighted by Gasteiger charge is 2.37. The van der Waals surface area contributed by atoms with Gasteiger partial charge in [0, 0.05) is 6.54 Å². The topological polar surface area (TPSA) is 46.6 Å². The van der Waals surface area contributed by atoms with Crippen molar-refractivity contribution in [1.29, 1.82) is 0 Å². The van der Waals surface area contributed by atoms with Crippen molar-refractivity contribution in [2.24, 2.45) is 5.92 Å². The molecule has 0 fully saturated rings. The van der Waals surface area contributed by atoms with Crippen LogP contribution in [0.2, 0.25) is 5.02 Å². The van der Waals surface area contributed by atoms with Gasteiger partial charge in [0.25, 0.3) is 0 Å². The van der Waals surface area contributed by atoms with E-state index in [0.29, 0.717) is 17.5 Å². The van der Waals surface area contributed by atoms with Gasteiger partial charge in [-0.1, -0.05) is 37.6 Å². The zero-order chi connectivity index (χ0) is 15.6. The van der Waals surface area contributed by atoms with Crippen LogP contribution >= 0.6 is 11.6 Å². The maximum Gasteiger partial charge on any atom is 0.247 e. The minimum Gasteiger partial charge on any atom is -0.489 e. The minimum atomic E-state index is -3.65. The molecule has 1 atom stereocenters. The van der Waals surface area contributed by atoms with E-state index in [4.69, 9.17) is 16.3 Å². The molecular weight excluding hydrogens is 310 g/mol. The molecule has 0 N–H and O–H groups in total. The Morgan fingerprint density at radius 1 is 1.52 bits per heavy atom. The summed E-state index contributed by atoms with van der Waals surface area (Å²) in [4.78, 5) is 0.128. The Morgan fingerprint density at radius 2 is 2.24 bits per heavy atom. The zero-order valence-electron chi connectivity index (χ0n) is 12.3. The Morgan fingerprint density at radius 3 is 2.86 bits per heavy atom. The second-order valence-electron chi connectivity index (χ2n) is 5.52. The van der Waals surface area contributed by atoms with Crippen molar-refractivity contribution in [3.8, 4) is 5.75 Å². The Labute approximate surface area is 131 Å². The summed E-state index contributed by atoms with van der Waals surface area (Å²) in [5.41, 5.74) is 0. The van der Waals surface area contributed by atoms with Gasteiger partial charge >= 0.3 is 0 Å². The molecule has 116 valence electrons. The van der Waals surface area contributed by atoms with E-state index in [1.807, 2.05) is 0 Å². The molecule has 0 saturated carbocycles. The van der Waals surface area contributed by atoms with Crippen LogP contribution < -0.4 is 4.74 Å². The van der Waals surface area contributed by atoms with Gasteiger partial charge in [-0.15, -0.1) is 6.58 Å². The molecule has 1 heterocycles. The maximum atomic E-state index is 12.9. The lowest BCUT2D eigenvalue weighted by Gasteiger charge is -2.28. The molecule has 4 nitrogen and oxygen atoms in total. The molecule has 21 heavy (non-hydrogen) atoms. The van der Waals surface area contributed by atoms with Gasteiger partial charge < -0.3 is 4.74 Å². The summed E-state index contributed by atoms with van der Waals surface area (Å²) in [6.07, 6.45) is 2.32. The lowest BCUT2D eigenvalue weighted by atomic mass is 10.0. The van der Waals surface area contributed by atoms with Crippen LogP contribution in [0.4, 0.5) is 0 Å². The van der Waals surface area contributed by atoms with Gasteiger partial charge in [-0.3, -0.25) is 0 Å². The third-order valence-electron chi connectivity index (χ3n) is 3.40. The quantitative estimate of drug-likeness (QED) is 0.796. The average Bonchev–Trinajstić information content (AvgIpc) is 2.50. The Kier molecular flexibility index (Phi) is 4.96. The highest BCUT2D eigenvalue weighted by molar-refractivity contribution is 7.89. The van der Waals surface area contributed by atoms with E-state index in [0.717, 1.165) is 6.42 Å². The molecule has 0 amide bonds. The molecule has 2 rings (SSSR count). The SMILES string of the molecule is C=CCN1[C@@H](CC(C)C)COc2c(Cl)cccc2S1(=O)=O. The number of sulfonamides is 1. The van der Waals surface area contributed by atoms with Crippen molar-refractivity contribution in [3.63, 3.8) is 0 Å². The molecule has 0 aromatic heterocycles. The number of rotatable bonds is 4. The van der Waals surface area contributed by atoms with Crippen molar-refractivity contribution in [2.45, 2.75) is 31.2 Å². The van der Waals surface area contributed by atoms with E-state index in [1.165, 1.54) is 10.4 Å². The highest BCUT2D eigenvalue weighted by Crippen LogP contribution is 2.37. The molecule has 1 aromatic rings. The molecular formula is C15H20ClNO3S. The van der Waals surface area contributed by atoms with Gasteiger partial charge in [-0.05, 0) is 24.5 Å². The van der Waals surface area contributed by atoms with Crippen molar-refractivity contribution in [3.05, 3.63) is 35.9 Å². The highest BCUT2D eigenvalue weighted by atomic mass is 35.5. The van der Waals surface area contributed by atoms with E-state index >= 15 is 0 Å². The number of ether oxygens (including phenoxy) is 1. The average molecular weight is 330 g/mol. The fraction of sp³-hybridized carbons (Fsp3) is 0.467. The van der Waals surface area contributed by atoms with E-state index in [2.05, 4.69) is 20.4 Å². The van der Waals surface area contributed by atoms with Gasteiger partial charge in [-0.25, -0.2) is 8.42 Å². The smallest absolute Gasteiger partial charge is 0.247 e. The number of hydrogen-bond donors (Lipinski definition) is 0. The predicted molar refractivity (Wildman–Crippen MR) is 84.3 cm³/mol. The largest absolute Gasteiger partial charge is 0.489 e. The first kappa shape index (κ1) is 16.3. The van der Waals surface area contributed by atoms with Crippen LogP contribution in [-0.2, 0) is 10.0 Å². The first-order valence-corrected chi connectivity index (χ1v) is 8.73. The van der Waals surface area contributed by atoms with E-state index in [9.17, 15) is 8.42 Å². The normalized spacial score (nSPS) is 21.4. The van der Waals surface area contributed by atoms with Crippen LogP contribution in [0.5, 0.6) is 5.75 Å². The predicted octanol–water partition coefficient (Wildman–Crippen LogP) is 3.32. The minimum absolute atomic E-state index is 0.128. The van der Waals surface area contributed by atoms with Crippen LogP contribution in [-0.4, -0.2) is 31.9 Å². The first-order valence-electron chi connectivity index (χ1n) is 6.92. The van der Waals surface area contributed by atoms with Crippen molar-refractivity contribution >= 4 is 21.6 Å². The van der Waals surface area contributed by atoms with Crippen LogP contribution in [0.25, 0.3) is 0 Å². The fourth-order valence-corrected chi connectivity index (χ4v) is 4.55. The zero-order valence-corrected chi connectivity index (χ0v) is 13.8. The number of hydrogen-bond acceptors (Lipinski definition) is 3. The van der Waals surface area contributed by atoms with Crippen LogP contribution in [0.1, 0.15) is 20.3 Å². The van der Waals surface area contributed by atoms with Gasteiger partial charge in [-0.2, -0.15) is 4.31 Å². The maximum absolute atomic E-state index is 12.9. The van der Waals surface area contributed by atoms with Crippen LogP contribution in [0.15, 0.2) is 35.7 Å². The summed E-state index contributed by atoms with van der Waals surface area (Å²) in [5, 5.41) is 0.319. The van der Waals surface area contributed by atoms with Gasteiger partial charge in [0.15, 0.2) is 5.75 Å². The summed E-state index contributed by atoms with van der Waals surface area (Å²) < 4.78 is 33.0. The summed E-state index contributed by atoms with van der Waals surface area (Å²) in [6, 6.07) is 4.56. The van der Waals surface area contributed by atoms with Crippen molar-refractivity contribution in [2.75, 3.05) is 13.2 Å². The molecule has 1 aromatic carbocycles. The fourth-order valence-electron chi connectivity index (χ4n) is 2.52. The lowest BCUT2D eigenvalue weighted by Crippen LogP contribution is -2.42.